The largest absolute Gasteiger partial charge is 0.508 e. The molecule has 1 unspecified atom stereocenters. The first-order chi connectivity index (χ1) is 10.1. The Morgan fingerprint density at radius 2 is 2.24 bits per heavy atom. The summed E-state index contributed by atoms with van der Waals surface area (Å²) in [7, 11) is 0. The molecule has 1 aliphatic rings. The molecule has 5 nitrogen and oxygen atoms in total. The molecule has 0 spiro atoms. The Balaban J connectivity index is 2.10. The van der Waals surface area contributed by atoms with Crippen LogP contribution in [-0.2, 0) is 0 Å². The second-order valence-corrected chi connectivity index (χ2v) is 5.66. The minimum absolute atomic E-state index is 0.0393. The SMILES string of the molecule is CCCN(CC1CCCNC1)C(=O)c1ccc(O)cc1O. The summed E-state index contributed by atoms with van der Waals surface area (Å²) < 4.78 is 0. The van der Waals surface area contributed by atoms with E-state index in [2.05, 4.69) is 5.32 Å². The zero-order chi connectivity index (χ0) is 15.2. The predicted octanol–water partition coefficient (Wildman–Crippen LogP) is 1.95. The van der Waals surface area contributed by atoms with Gasteiger partial charge in [-0.15, -0.1) is 0 Å². The van der Waals surface area contributed by atoms with Crippen LogP contribution in [0, 0.1) is 5.92 Å². The highest BCUT2D eigenvalue weighted by Gasteiger charge is 2.23. The lowest BCUT2D eigenvalue weighted by Gasteiger charge is -2.30. The number of amides is 1. The molecule has 116 valence electrons. The van der Waals surface area contributed by atoms with E-state index in [1.165, 1.54) is 18.2 Å². The Bertz CT molecular complexity index is 484. The van der Waals surface area contributed by atoms with Crippen molar-refractivity contribution in [3.8, 4) is 11.5 Å². The molecule has 1 saturated heterocycles. The Hall–Kier alpha value is -1.75. The normalized spacial score (nSPS) is 18.4. The molecule has 3 N–H and O–H groups in total. The highest BCUT2D eigenvalue weighted by atomic mass is 16.3. The van der Waals surface area contributed by atoms with E-state index in [4.69, 9.17) is 0 Å². The van der Waals surface area contributed by atoms with Crippen LogP contribution in [0.5, 0.6) is 11.5 Å². The van der Waals surface area contributed by atoms with Crippen molar-refractivity contribution in [2.45, 2.75) is 26.2 Å². The number of nitrogens with one attached hydrogen (secondary N) is 1. The van der Waals surface area contributed by atoms with Gasteiger partial charge in [0.15, 0.2) is 0 Å². The molecule has 1 aromatic carbocycles. The van der Waals surface area contributed by atoms with Crippen LogP contribution >= 0.6 is 0 Å². The van der Waals surface area contributed by atoms with Crippen LogP contribution < -0.4 is 5.32 Å². The lowest BCUT2D eigenvalue weighted by atomic mass is 9.98. The molecule has 0 aromatic heterocycles. The molecule has 1 atom stereocenters. The molecular formula is C16H24N2O3. The fraction of sp³-hybridized carbons (Fsp3) is 0.562. The zero-order valence-corrected chi connectivity index (χ0v) is 12.5. The number of phenolic OH excluding ortho intramolecular Hbond substituents is 2. The minimum atomic E-state index is -0.167. The van der Waals surface area contributed by atoms with E-state index in [1.807, 2.05) is 11.8 Å². The van der Waals surface area contributed by atoms with Gasteiger partial charge in [-0.05, 0) is 50.4 Å². The number of benzene rings is 1. The number of aromatic hydroxyl groups is 2. The van der Waals surface area contributed by atoms with Gasteiger partial charge in [0.05, 0.1) is 5.56 Å². The third-order valence-corrected chi connectivity index (χ3v) is 3.87. The highest BCUT2D eigenvalue weighted by Crippen LogP contribution is 2.24. The van der Waals surface area contributed by atoms with Gasteiger partial charge in [-0.2, -0.15) is 0 Å². The van der Waals surface area contributed by atoms with Crippen LogP contribution in [0.1, 0.15) is 36.5 Å². The van der Waals surface area contributed by atoms with Crippen LogP contribution in [0.2, 0.25) is 0 Å². The van der Waals surface area contributed by atoms with E-state index in [9.17, 15) is 15.0 Å². The summed E-state index contributed by atoms with van der Waals surface area (Å²) in [6.45, 7) is 5.41. The van der Waals surface area contributed by atoms with Crippen molar-refractivity contribution in [2.24, 2.45) is 5.92 Å². The second-order valence-electron chi connectivity index (χ2n) is 5.66. The third-order valence-electron chi connectivity index (χ3n) is 3.87. The van der Waals surface area contributed by atoms with Gasteiger partial charge in [0, 0.05) is 19.2 Å². The van der Waals surface area contributed by atoms with Gasteiger partial charge in [-0.3, -0.25) is 4.79 Å². The minimum Gasteiger partial charge on any atom is -0.508 e. The maximum atomic E-state index is 12.6. The molecule has 0 saturated carbocycles. The monoisotopic (exact) mass is 292 g/mol. The van der Waals surface area contributed by atoms with Crippen molar-refractivity contribution in [3.05, 3.63) is 23.8 Å². The summed E-state index contributed by atoms with van der Waals surface area (Å²) >= 11 is 0. The summed E-state index contributed by atoms with van der Waals surface area (Å²) in [6, 6.07) is 4.12. The van der Waals surface area contributed by atoms with Crippen molar-refractivity contribution in [1.82, 2.24) is 10.2 Å². The van der Waals surface area contributed by atoms with Gasteiger partial charge in [0.25, 0.3) is 5.91 Å². The number of piperidine rings is 1. The summed E-state index contributed by atoms with van der Waals surface area (Å²) in [5.41, 5.74) is 0.255. The summed E-state index contributed by atoms with van der Waals surface area (Å²) in [5.74, 6) is 0.0962. The first-order valence-electron chi connectivity index (χ1n) is 7.63. The standard InChI is InChI=1S/C16H24N2O3/c1-2-8-18(11-12-4-3-7-17-10-12)16(21)14-6-5-13(19)9-15(14)20/h5-6,9,12,17,19-20H,2-4,7-8,10-11H2,1H3. The van der Waals surface area contributed by atoms with Crippen molar-refractivity contribution in [2.75, 3.05) is 26.2 Å². The van der Waals surface area contributed by atoms with Crippen molar-refractivity contribution < 1.29 is 15.0 Å². The number of nitrogens with zero attached hydrogens (tertiary/aromatic N) is 1. The molecule has 1 aliphatic heterocycles. The lowest BCUT2D eigenvalue weighted by Crippen LogP contribution is -2.41. The average Bonchev–Trinajstić information content (AvgIpc) is 2.47. The van der Waals surface area contributed by atoms with E-state index in [0.29, 0.717) is 19.0 Å². The molecule has 1 aromatic rings. The van der Waals surface area contributed by atoms with Gasteiger partial charge in [-0.1, -0.05) is 6.92 Å². The van der Waals surface area contributed by atoms with Crippen LogP contribution in [0.4, 0.5) is 0 Å². The smallest absolute Gasteiger partial charge is 0.257 e. The lowest BCUT2D eigenvalue weighted by molar-refractivity contribution is 0.0715. The van der Waals surface area contributed by atoms with E-state index in [1.54, 1.807) is 0 Å². The van der Waals surface area contributed by atoms with Gasteiger partial charge in [0.1, 0.15) is 11.5 Å². The highest BCUT2D eigenvalue weighted by molar-refractivity contribution is 5.97. The number of carbonyl (C=O) groups is 1. The van der Waals surface area contributed by atoms with Gasteiger partial charge in [-0.25, -0.2) is 0 Å². The fourth-order valence-corrected chi connectivity index (χ4v) is 2.81. The average molecular weight is 292 g/mol. The summed E-state index contributed by atoms with van der Waals surface area (Å²) in [6.07, 6.45) is 3.15. The Labute approximate surface area is 125 Å². The first kappa shape index (κ1) is 15.6. The number of rotatable bonds is 5. The summed E-state index contributed by atoms with van der Waals surface area (Å²) in [4.78, 5) is 14.4. The predicted molar refractivity (Wildman–Crippen MR) is 81.6 cm³/mol. The molecule has 0 bridgehead atoms. The molecule has 2 rings (SSSR count). The Kier molecular flexibility index (Phi) is 5.44. The zero-order valence-electron chi connectivity index (χ0n) is 12.5. The van der Waals surface area contributed by atoms with Crippen LogP contribution in [-0.4, -0.2) is 47.2 Å². The maximum absolute atomic E-state index is 12.6. The quantitative estimate of drug-likeness (QED) is 0.775. The van der Waals surface area contributed by atoms with Crippen molar-refractivity contribution in [3.63, 3.8) is 0 Å². The Morgan fingerprint density at radius 3 is 2.86 bits per heavy atom. The summed E-state index contributed by atoms with van der Waals surface area (Å²) in [5, 5.41) is 22.6. The van der Waals surface area contributed by atoms with Crippen molar-refractivity contribution in [1.29, 1.82) is 0 Å². The molecular weight excluding hydrogens is 268 g/mol. The second kappa shape index (κ2) is 7.31. The molecule has 5 heteroatoms. The molecule has 1 fully saturated rings. The van der Waals surface area contributed by atoms with Crippen LogP contribution in [0.25, 0.3) is 0 Å². The topological polar surface area (TPSA) is 72.8 Å². The van der Waals surface area contributed by atoms with Crippen LogP contribution in [0.15, 0.2) is 18.2 Å². The molecule has 1 heterocycles. The molecule has 21 heavy (non-hydrogen) atoms. The molecule has 1 amide bonds. The maximum Gasteiger partial charge on any atom is 0.257 e. The van der Waals surface area contributed by atoms with E-state index in [0.717, 1.165) is 32.4 Å². The van der Waals surface area contributed by atoms with E-state index in [-0.39, 0.29) is 23.0 Å². The fourth-order valence-electron chi connectivity index (χ4n) is 2.81. The first-order valence-corrected chi connectivity index (χ1v) is 7.63. The Morgan fingerprint density at radius 1 is 1.43 bits per heavy atom. The number of hydrogen-bond donors (Lipinski definition) is 3. The van der Waals surface area contributed by atoms with Gasteiger partial charge >= 0.3 is 0 Å². The number of carbonyl (C=O) groups excluding carboxylic acids is 1. The van der Waals surface area contributed by atoms with Gasteiger partial charge in [0.2, 0.25) is 0 Å². The van der Waals surface area contributed by atoms with Crippen LogP contribution in [0.3, 0.4) is 0 Å². The van der Waals surface area contributed by atoms with E-state index < -0.39 is 0 Å². The molecule has 0 aliphatic carbocycles. The number of hydrogen-bond acceptors (Lipinski definition) is 4. The number of phenols is 2. The van der Waals surface area contributed by atoms with Crippen molar-refractivity contribution >= 4 is 5.91 Å². The third kappa shape index (κ3) is 4.11. The van der Waals surface area contributed by atoms with E-state index >= 15 is 0 Å². The van der Waals surface area contributed by atoms with Gasteiger partial charge < -0.3 is 20.4 Å². The molecule has 0 radical (unpaired) electrons.